The molecule has 8 heteroatoms. The first-order valence-corrected chi connectivity index (χ1v) is 7.25. The monoisotopic (exact) mass is 292 g/mol. The minimum Gasteiger partial charge on any atom is -0.395 e. The van der Waals surface area contributed by atoms with Crippen LogP contribution in [0, 0.1) is 0 Å². The molecule has 7 nitrogen and oxygen atoms in total. The fraction of sp³-hybridized carbons (Fsp3) is 0.333. The molecular weight excluding hydrogens is 276 g/mol. The number of aliphatic hydroxyl groups is 1. The van der Waals surface area contributed by atoms with Crippen LogP contribution in [-0.4, -0.2) is 46.7 Å². The molecule has 106 valence electrons. The van der Waals surface area contributed by atoms with E-state index in [-0.39, 0.29) is 6.61 Å². The summed E-state index contributed by atoms with van der Waals surface area (Å²) >= 11 is 1.44. The molecule has 0 aliphatic rings. The van der Waals surface area contributed by atoms with Crippen molar-refractivity contribution in [3.05, 3.63) is 24.3 Å². The largest absolute Gasteiger partial charge is 0.395 e. The lowest BCUT2D eigenvalue weighted by molar-refractivity contribution is 0.304. The van der Waals surface area contributed by atoms with E-state index in [1.807, 2.05) is 42.5 Å². The molecule has 20 heavy (non-hydrogen) atoms. The Bertz CT molecular complexity index is 568. The minimum absolute atomic E-state index is 0.126. The fourth-order valence-electron chi connectivity index (χ4n) is 1.53. The Hall–Kier alpha value is -1.93. The molecule has 1 aromatic heterocycles. The van der Waals surface area contributed by atoms with Crippen molar-refractivity contribution in [2.45, 2.75) is 5.16 Å². The van der Waals surface area contributed by atoms with E-state index in [2.05, 4.69) is 25.4 Å². The molecule has 0 spiro atoms. The van der Waals surface area contributed by atoms with Gasteiger partial charge in [0.15, 0.2) is 0 Å². The van der Waals surface area contributed by atoms with Crippen molar-refractivity contribution >= 4 is 29.1 Å². The second-order valence-corrected chi connectivity index (χ2v) is 4.78. The lowest BCUT2D eigenvalue weighted by Crippen LogP contribution is -2.20. The second kappa shape index (κ2) is 7.01. The standard InChI is InChI=1S/C12H16N6OS/c1-18(7-8-19)10-5-3-9(4-6-10)14-15-11-13-12(20-2)17-16-11/h3-6,19H,7-8H2,1-2H3,(H,13,16,17). The van der Waals surface area contributed by atoms with E-state index >= 15 is 0 Å². The van der Waals surface area contributed by atoms with Crippen LogP contribution in [0.4, 0.5) is 17.3 Å². The van der Waals surface area contributed by atoms with Gasteiger partial charge >= 0.3 is 0 Å². The van der Waals surface area contributed by atoms with E-state index in [4.69, 9.17) is 5.11 Å². The molecule has 0 atom stereocenters. The number of azo groups is 1. The summed E-state index contributed by atoms with van der Waals surface area (Å²) in [6.07, 6.45) is 1.89. The highest BCUT2D eigenvalue weighted by atomic mass is 32.2. The molecule has 1 heterocycles. The van der Waals surface area contributed by atoms with Crippen molar-refractivity contribution in [3.63, 3.8) is 0 Å². The van der Waals surface area contributed by atoms with Crippen molar-refractivity contribution in [2.24, 2.45) is 10.2 Å². The quantitative estimate of drug-likeness (QED) is 0.630. The first-order valence-electron chi connectivity index (χ1n) is 6.03. The predicted molar refractivity (Wildman–Crippen MR) is 79.1 cm³/mol. The van der Waals surface area contributed by atoms with Crippen molar-refractivity contribution in [2.75, 3.05) is 31.4 Å². The zero-order chi connectivity index (χ0) is 14.4. The zero-order valence-electron chi connectivity index (χ0n) is 11.3. The predicted octanol–water partition coefficient (Wildman–Crippen LogP) is 2.37. The van der Waals surface area contributed by atoms with Gasteiger partial charge in [0.05, 0.1) is 12.3 Å². The van der Waals surface area contributed by atoms with Gasteiger partial charge in [-0.15, -0.1) is 15.3 Å². The summed E-state index contributed by atoms with van der Waals surface area (Å²) in [5.74, 6) is 0.385. The molecule has 0 unspecified atom stereocenters. The summed E-state index contributed by atoms with van der Waals surface area (Å²) in [5.41, 5.74) is 1.75. The van der Waals surface area contributed by atoms with Gasteiger partial charge in [-0.3, -0.25) is 0 Å². The lowest BCUT2D eigenvalue weighted by Gasteiger charge is -2.17. The minimum atomic E-state index is 0.126. The van der Waals surface area contributed by atoms with Gasteiger partial charge in [-0.1, -0.05) is 11.8 Å². The Morgan fingerprint density at radius 3 is 2.65 bits per heavy atom. The molecule has 1 aromatic carbocycles. The summed E-state index contributed by atoms with van der Waals surface area (Å²) in [6.45, 7) is 0.720. The number of aliphatic hydroxyl groups excluding tert-OH is 1. The first-order chi connectivity index (χ1) is 9.72. The maximum atomic E-state index is 8.89. The van der Waals surface area contributed by atoms with E-state index < -0.39 is 0 Å². The van der Waals surface area contributed by atoms with Crippen LogP contribution in [0.5, 0.6) is 0 Å². The molecule has 0 bridgehead atoms. The number of benzene rings is 1. The van der Waals surface area contributed by atoms with Gasteiger partial charge in [0.25, 0.3) is 5.95 Å². The van der Waals surface area contributed by atoms with Crippen molar-refractivity contribution < 1.29 is 5.11 Å². The Morgan fingerprint density at radius 1 is 1.30 bits per heavy atom. The molecule has 0 saturated heterocycles. The molecule has 2 rings (SSSR count). The Balaban J connectivity index is 2.03. The molecule has 0 fully saturated rings. The number of nitrogens with one attached hydrogen (secondary N) is 1. The zero-order valence-corrected chi connectivity index (χ0v) is 12.1. The Labute approximate surface area is 121 Å². The number of nitrogens with zero attached hydrogens (tertiary/aromatic N) is 5. The first kappa shape index (κ1) is 14.5. The van der Waals surface area contributed by atoms with E-state index in [9.17, 15) is 0 Å². The summed E-state index contributed by atoms with van der Waals surface area (Å²) < 4.78 is 0. The number of H-pyrrole nitrogens is 1. The van der Waals surface area contributed by atoms with Gasteiger partial charge in [-0.2, -0.15) is 4.98 Å². The van der Waals surface area contributed by atoms with Gasteiger partial charge in [0.1, 0.15) is 0 Å². The van der Waals surface area contributed by atoms with E-state index in [1.54, 1.807) is 0 Å². The molecular formula is C12H16N6OS. The molecule has 0 amide bonds. The van der Waals surface area contributed by atoms with Crippen molar-refractivity contribution in [1.29, 1.82) is 0 Å². The number of aromatic nitrogens is 3. The highest BCUT2D eigenvalue weighted by Gasteiger charge is 2.01. The van der Waals surface area contributed by atoms with Crippen molar-refractivity contribution in [3.8, 4) is 0 Å². The molecule has 0 radical (unpaired) electrons. The highest BCUT2D eigenvalue weighted by molar-refractivity contribution is 7.98. The van der Waals surface area contributed by atoms with Gasteiger partial charge in [-0.25, -0.2) is 5.10 Å². The van der Waals surface area contributed by atoms with Crippen LogP contribution in [0.2, 0.25) is 0 Å². The lowest BCUT2D eigenvalue weighted by atomic mass is 10.2. The van der Waals surface area contributed by atoms with Crippen LogP contribution in [0.1, 0.15) is 0 Å². The smallest absolute Gasteiger partial charge is 0.265 e. The summed E-state index contributed by atoms with van der Waals surface area (Å²) in [7, 11) is 1.92. The summed E-state index contributed by atoms with van der Waals surface area (Å²) in [4.78, 5) is 6.07. The summed E-state index contributed by atoms with van der Waals surface area (Å²) in [6, 6.07) is 7.58. The number of thioether (sulfide) groups is 1. The van der Waals surface area contributed by atoms with Crippen LogP contribution >= 0.6 is 11.8 Å². The molecule has 0 aliphatic carbocycles. The van der Waals surface area contributed by atoms with Crippen LogP contribution < -0.4 is 4.90 Å². The van der Waals surface area contributed by atoms with E-state index in [1.165, 1.54) is 11.8 Å². The molecule has 0 saturated carbocycles. The maximum Gasteiger partial charge on any atom is 0.265 e. The van der Waals surface area contributed by atoms with Gasteiger partial charge in [0.2, 0.25) is 5.16 Å². The van der Waals surface area contributed by atoms with Gasteiger partial charge < -0.3 is 10.0 Å². The average Bonchev–Trinajstić information content (AvgIpc) is 2.94. The molecule has 2 aromatic rings. The normalized spacial score (nSPS) is 11.2. The highest BCUT2D eigenvalue weighted by Crippen LogP contribution is 2.20. The molecule has 0 aliphatic heterocycles. The number of hydrogen-bond donors (Lipinski definition) is 2. The average molecular weight is 292 g/mol. The van der Waals surface area contributed by atoms with E-state index in [0.717, 1.165) is 11.4 Å². The number of likely N-dealkylation sites (N-methyl/N-ethyl adjacent to an activating group) is 1. The maximum absolute atomic E-state index is 8.89. The molecule has 2 N–H and O–H groups in total. The number of anilines is 1. The fourth-order valence-corrected chi connectivity index (χ4v) is 1.85. The third-order valence-corrected chi connectivity index (χ3v) is 3.17. The number of aromatic amines is 1. The Morgan fingerprint density at radius 2 is 2.05 bits per heavy atom. The third kappa shape index (κ3) is 3.78. The van der Waals surface area contributed by atoms with Gasteiger partial charge in [-0.05, 0) is 30.5 Å². The van der Waals surface area contributed by atoms with E-state index in [0.29, 0.717) is 17.6 Å². The van der Waals surface area contributed by atoms with Crippen molar-refractivity contribution in [1.82, 2.24) is 15.2 Å². The van der Waals surface area contributed by atoms with Crippen LogP contribution in [-0.2, 0) is 0 Å². The number of hydrogen-bond acceptors (Lipinski definition) is 7. The Kier molecular flexibility index (Phi) is 5.08. The van der Waals surface area contributed by atoms with Crippen LogP contribution in [0.3, 0.4) is 0 Å². The van der Waals surface area contributed by atoms with Crippen LogP contribution in [0.25, 0.3) is 0 Å². The SMILES string of the molecule is CSc1n[nH]c(N=Nc2ccc(N(C)CCO)cc2)n1. The number of rotatable bonds is 6. The van der Waals surface area contributed by atoms with Gasteiger partial charge in [0, 0.05) is 19.3 Å². The summed E-state index contributed by atoms with van der Waals surface area (Å²) in [5, 5.41) is 24.2. The van der Waals surface area contributed by atoms with Crippen LogP contribution in [0.15, 0.2) is 39.7 Å². The third-order valence-electron chi connectivity index (χ3n) is 2.62. The second-order valence-electron chi connectivity index (χ2n) is 4.01. The topological polar surface area (TPSA) is 89.8 Å².